The molecule has 1 saturated heterocycles. The van der Waals surface area contributed by atoms with Crippen LogP contribution in [0.4, 0.5) is 22.2 Å². The summed E-state index contributed by atoms with van der Waals surface area (Å²) in [7, 11) is 1.83. The molecule has 0 bridgehead atoms. The van der Waals surface area contributed by atoms with E-state index in [2.05, 4.69) is 31.8 Å². The Bertz CT molecular complexity index is 992. The molecule has 4 rings (SSSR count). The van der Waals surface area contributed by atoms with Gasteiger partial charge in [-0.3, -0.25) is 4.68 Å². The van der Waals surface area contributed by atoms with E-state index in [9.17, 15) is 10.1 Å². The number of aryl methyl sites for hydroxylation is 1. The number of carbonyl (C=O) groups excluding carboxylic acids is 1. The van der Waals surface area contributed by atoms with Crippen molar-refractivity contribution in [2.45, 2.75) is 45.3 Å². The van der Waals surface area contributed by atoms with Crippen LogP contribution in [0.1, 0.15) is 39.2 Å². The zero-order valence-corrected chi connectivity index (χ0v) is 18.3. The Morgan fingerprint density at radius 3 is 2.55 bits per heavy atom. The highest BCUT2D eigenvalue weighted by atomic mass is 16.6. The second-order valence-corrected chi connectivity index (χ2v) is 9.31. The molecule has 2 fully saturated rings. The number of nitrogens with zero attached hydrogens (tertiary/aromatic N) is 6. The highest BCUT2D eigenvalue weighted by molar-refractivity contribution is 5.68. The lowest BCUT2D eigenvalue weighted by Gasteiger charge is -2.25. The summed E-state index contributed by atoms with van der Waals surface area (Å²) in [5.41, 5.74) is 0.696. The molecule has 164 valence electrons. The fourth-order valence-electron chi connectivity index (χ4n) is 4.34. The highest BCUT2D eigenvalue weighted by Crippen LogP contribution is 2.39. The molecule has 2 aliphatic rings. The van der Waals surface area contributed by atoms with E-state index < -0.39 is 5.60 Å². The molecule has 1 aliphatic carbocycles. The van der Waals surface area contributed by atoms with E-state index in [1.54, 1.807) is 10.9 Å². The van der Waals surface area contributed by atoms with Crippen LogP contribution in [0.15, 0.2) is 18.6 Å². The van der Waals surface area contributed by atoms with Crippen LogP contribution in [0.5, 0.6) is 0 Å². The molecular weight excluding hydrogens is 396 g/mol. The summed E-state index contributed by atoms with van der Waals surface area (Å²) in [5, 5.41) is 20.1. The van der Waals surface area contributed by atoms with Crippen LogP contribution in [0.2, 0.25) is 0 Å². The first-order valence-electron chi connectivity index (χ1n) is 10.5. The van der Waals surface area contributed by atoms with Gasteiger partial charge in [0.2, 0.25) is 5.95 Å². The fourth-order valence-corrected chi connectivity index (χ4v) is 4.34. The molecule has 0 radical (unpaired) electrons. The van der Waals surface area contributed by atoms with Crippen LogP contribution in [-0.2, 0) is 11.8 Å². The number of ether oxygens (including phenoxy) is 1. The third-order valence-corrected chi connectivity index (χ3v) is 5.61. The van der Waals surface area contributed by atoms with Crippen molar-refractivity contribution in [3.8, 4) is 6.07 Å². The molecule has 0 aromatic carbocycles. The SMILES string of the molecule is Cn1cc(Nc2ncc(C#N)c(NC3CC4CN(C(=O)OC(C)(C)C)CC4C3)n2)cn1. The monoisotopic (exact) mass is 424 g/mol. The molecule has 10 nitrogen and oxygen atoms in total. The van der Waals surface area contributed by atoms with Crippen molar-refractivity contribution in [1.29, 1.82) is 5.26 Å². The van der Waals surface area contributed by atoms with Gasteiger partial charge in [0.05, 0.1) is 18.1 Å². The number of fused-ring (bicyclic) bond motifs is 1. The van der Waals surface area contributed by atoms with Crippen molar-refractivity contribution in [3.63, 3.8) is 0 Å². The second-order valence-electron chi connectivity index (χ2n) is 9.31. The zero-order valence-electron chi connectivity index (χ0n) is 18.3. The van der Waals surface area contributed by atoms with Gasteiger partial charge in [-0.15, -0.1) is 0 Å². The number of aromatic nitrogens is 4. The molecule has 1 aliphatic heterocycles. The van der Waals surface area contributed by atoms with Crippen LogP contribution in [0.3, 0.4) is 0 Å². The first-order valence-corrected chi connectivity index (χ1v) is 10.5. The van der Waals surface area contributed by atoms with Gasteiger partial charge in [0, 0.05) is 32.4 Å². The minimum atomic E-state index is -0.485. The lowest BCUT2D eigenvalue weighted by molar-refractivity contribution is 0.0280. The smallest absolute Gasteiger partial charge is 0.410 e. The molecule has 10 heteroatoms. The number of nitriles is 1. The molecule has 2 aromatic heterocycles. The van der Waals surface area contributed by atoms with Gasteiger partial charge in [-0.1, -0.05) is 0 Å². The number of rotatable bonds is 4. The van der Waals surface area contributed by atoms with Gasteiger partial charge in [0.25, 0.3) is 0 Å². The van der Waals surface area contributed by atoms with Crippen molar-refractivity contribution in [1.82, 2.24) is 24.6 Å². The van der Waals surface area contributed by atoms with Gasteiger partial charge in [-0.25, -0.2) is 9.78 Å². The van der Waals surface area contributed by atoms with Crippen LogP contribution in [0.25, 0.3) is 0 Å². The molecule has 2 unspecified atom stereocenters. The van der Waals surface area contributed by atoms with Gasteiger partial charge < -0.3 is 20.3 Å². The van der Waals surface area contributed by atoms with Gasteiger partial charge >= 0.3 is 6.09 Å². The predicted molar refractivity (Wildman–Crippen MR) is 115 cm³/mol. The summed E-state index contributed by atoms with van der Waals surface area (Å²) >= 11 is 0. The molecule has 2 atom stereocenters. The van der Waals surface area contributed by atoms with Crippen molar-refractivity contribution in [3.05, 3.63) is 24.2 Å². The maximum Gasteiger partial charge on any atom is 0.410 e. The lowest BCUT2D eigenvalue weighted by atomic mass is 10.0. The molecular formula is C21H28N8O2. The van der Waals surface area contributed by atoms with Crippen LogP contribution < -0.4 is 10.6 Å². The summed E-state index contributed by atoms with van der Waals surface area (Å²) in [4.78, 5) is 22.9. The summed E-state index contributed by atoms with van der Waals surface area (Å²) in [6, 6.07) is 2.36. The Balaban J connectivity index is 1.38. The molecule has 0 spiro atoms. The Hall–Kier alpha value is -3.35. The highest BCUT2D eigenvalue weighted by Gasteiger charge is 2.43. The maximum absolute atomic E-state index is 12.4. The van der Waals surface area contributed by atoms with Crippen LogP contribution >= 0.6 is 0 Å². The molecule has 1 amide bonds. The molecule has 3 heterocycles. The third-order valence-electron chi connectivity index (χ3n) is 5.61. The number of likely N-dealkylation sites (tertiary alicyclic amines) is 1. The van der Waals surface area contributed by atoms with Crippen molar-refractivity contribution < 1.29 is 9.53 Å². The standard InChI is InChI=1S/C21H28N8O2/c1-21(2,3)31-20(30)29-10-13-5-16(6-14(13)11-29)25-18-15(7-22)8-23-19(27-18)26-17-9-24-28(4)12-17/h8-9,12-14,16H,5-6,10-11H2,1-4H3,(H2,23,25,26,27). The first-order chi connectivity index (χ1) is 14.7. The van der Waals surface area contributed by atoms with Crippen molar-refractivity contribution >= 4 is 23.5 Å². The Kier molecular flexibility index (Phi) is 5.43. The summed E-state index contributed by atoms with van der Waals surface area (Å²) in [5.74, 6) is 1.78. The van der Waals surface area contributed by atoms with Crippen LogP contribution in [0, 0.1) is 23.2 Å². The Labute approximate surface area is 181 Å². The van der Waals surface area contributed by atoms with E-state index in [4.69, 9.17) is 4.74 Å². The number of hydrogen-bond acceptors (Lipinski definition) is 8. The number of carbonyl (C=O) groups is 1. The van der Waals surface area contributed by atoms with Gasteiger partial charge in [0.1, 0.15) is 23.1 Å². The third kappa shape index (κ3) is 4.87. The average molecular weight is 425 g/mol. The normalized spacial score (nSPS) is 22.7. The molecule has 1 saturated carbocycles. The molecule has 31 heavy (non-hydrogen) atoms. The minimum Gasteiger partial charge on any atom is -0.444 e. The Morgan fingerprint density at radius 2 is 1.97 bits per heavy atom. The summed E-state index contributed by atoms with van der Waals surface area (Å²) < 4.78 is 7.19. The van der Waals surface area contributed by atoms with Gasteiger partial charge in [0.15, 0.2) is 0 Å². The van der Waals surface area contributed by atoms with E-state index in [1.165, 1.54) is 6.20 Å². The number of hydrogen-bond donors (Lipinski definition) is 2. The predicted octanol–water partition coefficient (Wildman–Crippen LogP) is 2.88. The average Bonchev–Trinajstić information content (AvgIpc) is 3.35. The summed E-state index contributed by atoms with van der Waals surface area (Å²) in [6.45, 7) is 7.07. The number of amides is 1. The van der Waals surface area contributed by atoms with E-state index in [1.807, 2.05) is 38.9 Å². The van der Waals surface area contributed by atoms with Crippen molar-refractivity contribution in [2.75, 3.05) is 23.7 Å². The fraction of sp³-hybridized carbons (Fsp3) is 0.571. The van der Waals surface area contributed by atoms with E-state index >= 15 is 0 Å². The second kappa shape index (κ2) is 8.06. The van der Waals surface area contributed by atoms with Gasteiger partial charge in [-0.2, -0.15) is 15.3 Å². The minimum absolute atomic E-state index is 0.198. The van der Waals surface area contributed by atoms with E-state index in [0.29, 0.717) is 42.3 Å². The zero-order chi connectivity index (χ0) is 22.2. The lowest BCUT2D eigenvalue weighted by Crippen LogP contribution is -2.36. The number of nitrogens with one attached hydrogen (secondary N) is 2. The Morgan fingerprint density at radius 1 is 1.26 bits per heavy atom. The van der Waals surface area contributed by atoms with Crippen molar-refractivity contribution in [2.24, 2.45) is 18.9 Å². The molecule has 2 aromatic rings. The first kappa shape index (κ1) is 20.9. The van der Waals surface area contributed by atoms with E-state index in [0.717, 1.165) is 18.5 Å². The summed E-state index contributed by atoms with van der Waals surface area (Å²) in [6.07, 6.45) is 6.63. The largest absolute Gasteiger partial charge is 0.444 e. The van der Waals surface area contributed by atoms with Gasteiger partial charge in [-0.05, 0) is 45.4 Å². The molecule has 2 N–H and O–H groups in total. The van der Waals surface area contributed by atoms with E-state index in [-0.39, 0.29) is 12.1 Å². The number of anilines is 3. The van der Waals surface area contributed by atoms with Crippen LogP contribution in [-0.4, -0.2) is 55.5 Å². The topological polar surface area (TPSA) is 121 Å². The quantitative estimate of drug-likeness (QED) is 0.768. The maximum atomic E-state index is 12.4.